The van der Waals surface area contributed by atoms with Crippen LogP contribution in [0.4, 0.5) is 0 Å². The Bertz CT molecular complexity index is 476. The van der Waals surface area contributed by atoms with Crippen molar-refractivity contribution in [1.82, 2.24) is 9.88 Å². The summed E-state index contributed by atoms with van der Waals surface area (Å²) in [7, 11) is 0. The molecular weight excluding hydrogens is 236 g/mol. The van der Waals surface area contributed by atoms with Gasteiger partial charge in [-0.3, -0.25) is 4.79 Å². The van der Waals surface area contributed by atoms with Gasteiger partial charge in [0.15, 0.2) is 0 Å². The van der Waals surface area contributed by atoms with Gasteiger partial charge in [0.1, 0.15) is 0 Å². The highest BCUT2D eigenvalue weighted by Crippen LogP contribution is 2.20. The van der Waals surface area contributed by atoms with E-state index in [4.69, 9.17) is 0 Å². The fraction of sp³-hybridized carbons (Fsp3) is 0.688. The van der Waals surface area contributed by atoms with Gasteiger partial charge >= 0.3 is 0 Å². The average Bonchev–Trinajstić information content (AvgIpc) is 2.44. The van der Waals surface area contributed by atoms with E-state index in [1.807, 2.05) is 4.57 Å². The molecule has 0 fully saturated rings. The first-order valence-corrected chi connectivity index (χ1v) is 7.73. The Morgan fingerprint density at radius 1 is 1.26 bits per heavy atom. The first kappa shape index (κ1) is 14.3. The topological polar surface area (TPSA) is 34.0 Å². The molecule has 0 saturated carbocycles. The number of nitrogens with one attached hydrogen (secondary N) is 1. The van der Waals surface area contributed by atoms with E-state index >= 15 is 0 Å². The van der Waals surface area contributed by atoms with E-state index in [0.29, 0.717) is 6.54 Å². The van der Waals surface area contributed by atoms with Crippen molar-refractivity contribution in [2.75, 3.05) is 6.54 Å². The van der Waals surface area contributed by atoms with E-state index in [2.05, 4.69) is 25.2 Å². The standard InChI is InChI=1S/C16H26N2O/c1-3-5-10-17-12-14-11-13-8-6-7-9-15(13)18(4-2)16(14)19/h11,17H,3-10,12H2,1-2H3. The Morgan fingerprint density at radius 3 is 2.79 bits per heavy atom. The van der Waals surface area contributed by atoms with Crippen molar-refractivity contribution in [1.29, 1.82) is 0 Å². The van der Waals surface area contributed by atoms with E-state index in [9.17, 15) is 4.79 Å². The van der Waals surface area contributed by atoms with Gasteiger partial charge in [-0.2, -0.15) is 0 Å². The molecule has 19 heavy (non-hydrogen) atoms. The molecule has 0 radical (unpaired) electrons. The first-order valence-electron chi connectivity index (χ1n) is 7.73. The maximum Gasteiger partial charge on any atom is 0.255 e. The molecule has 3 nitrogen and oxygen atoms in total. The zero-order valence-electron chi connectivity index (χ0n) is 12.3. The second-order valence-electron chi connectivity index (χ2n) is 5.43. The monoisotopic (exact) mass is 262 g/mol. The number of aryl methyl sites for hydroxylation is 1. The molecule has 1 aliphatic carbocycles. The molecule has 0 atom stereocenters. The van der Waals surface area contributed by atoms with Crippen LogP contribution in [0.5, 0.6) is 0 Å². The molecule has 0 aromatic carbocycles. The van der Waals surface area contributed by atoms with Crippen LogP contribution in [-0.2, 0) is 25.9 Å². The molecule has 0 aliphatic heterocycles. The molecule has 0 unspecified atom stereocenters. The van der Waals surface area contributed by atoms with Crippen LogP contribution in [-0.4, -0.2) is 11.1 Å². The summed E-state index contributed by atoms with van der Waals surface area (Å²) >= 11 is 0. The molecule has 1 aliphatic rings. The summed E-state index contributed by atoms with van der Waals surface area (Å²) in [5, 5.41) is 3.39. The first-order chi connectivity index (χ1) is 9.27. The summed E-state index contributed by atoms with van der Waals surface area (Å²) in [5.41, 5.74) is 3.85. The van der Waals surface area contributed by atoms with E-state index in [1.165, 1.54) is 36.9 Å². The number of hydrogen-bond donors (Lipinski definition) is 1. The quantitative estimate of drug-likeness (QED) is 0.800. The van der Waals surface area contributed by atoms with Crippen LogP contribution < -0.4 is 10.9 Å². The van der Waals surface area contributed by atoms with Gasteiger partial charge in [0.2, 0.25) is 0 Å². The highest BCUT2D eigenvalue weighted by Gasteiger charge is 2.16. The van der Waals surface area contributed by atoms with Gasteiger partial charge in [0, 0.05) is 24.3 Å². The van der Waals surface area contributed by atoms with Gasteiger partial charge in [-0.1, -0.05) is 13.3 Å². The maximum atomic E-state index is 12.5. The van der Waals surface area contributed by atoms with Crippen molar-refractivity contribution in [3.63, 3.8) is 0 Å². The minimum absolute atomic E-state index is 0.215. The molecule has 0 bridgehead atoms. The average molecular weight is 262 g/mol. The smallest absolute Gasteiger partial charge is 0.255 e. The van der Waals surface area contributed by atoms with Gasteiger partial charge in [-0.15, -0.1) is 0 Å². The molecule has 2 rings (SSSR count). The lowest BCUT2D eigenvalue weighted by molar-refractivity contribution is 0.575. The Labute approximate surface area is 116 Å². The van der Waals surface area contributed by atoms with Gasteiger partial charge in [0.05, 0.1) is 0 Å². The zero-order chi connectivity index (χ0) is 13.7. The van der Waals surface area contributed by atoms with E-state index in [0.717, 1.165) is 31.5 Å². The van der Waals surface area contributed by atoms with Crippen molar-refractivity contribution < 1.29 is 0 Å². The summed E-state index contributed by atoms with van der Waals surface area (Å²) < 4.78 is 1.99. The Hall–Kier alpha value is -1.09. The predicted molar refractivity (Wildman–Crippen MR) is 79.6 cm³/mol. The second-order valence-corrected chi connectivity index (χ2v) is 5.43. The number of unbranched alkanes of at least 4 members (excludes halogenated alkanes) is 1. The van der Waals surface area contributed by atoms with Crippen molar-refractivity contribution in [2.24, 2.45) is 0 Å². The van der Waals surface area contributed by atoms with Crippen LogP contribution in [0, 0.1) is 0 Å². The van der Waals surface area contributed by atoms with Crippen LogP contribution in [0.1, 0.15) is 56.4 Å². The summed E-state index contributed by atoms with van der Waals surface area (Å²) in [6.07, 6.45) is 7.06. The van der Waals surface area contributed by atoms with E-state index in [1.54, 1.807) is 0 Å². The maximum absolute atomic E-state index is 12.5. The third-order valence-electron chi connectivity index (χ3n) is 4.01. The minimum Gasteiger partial charge on any atom is -0.312 e. The number of aromatic nitrogens is 1. The van der Waals surface area contributed by atoms with Crippen molar-refractivity contribution >= 4 is 0 Å². The van der Waals surface area contributed by atoms with Crippen LogP contribution in [0.15, 0.2) is 10.9 Å². The second kappa shape index (κ2) is 6.90. The Morgan fingerprint density at radius 2 is 2.05 bits per heavy atom. The van der Waals surface area contributed by atoms with Crippen LogP contribution >= 0.6 is 0 Å². The number of fused-ring (bicyclic) bond motifs is 1. The molecule has 106 valence electrons. The Kier molecular flexibility index (Phi) is 5.20. The third kappa shape index (κ3) is 3.27. The normalized spacial score (nSPS) is 14.4. The van der Waals surface area contributed by atoms with Gasteiger partial charge < -0.3 is 9.88 Å². The molecule has 0 amide bonds. The molecule has 1 heterocycles. The summed E-state index contributed by atoms with van der Waals surface area (Å²) in [4.78, 5) is 12.5. The number of pyridine rings is 1. The van der Waals surface area contributed by atoms with Crippen LogP contribution in [0.2, 0.25) is 0 Å². The summed E-state index contributed by atoms with van der Waals surface area (Å²) in [6.45, 7) is 6.77. The van der Waals surface area contributed by atoms with Gasteiger partial charge in [-0.25, -0.2) is 0 Å². The zero-order valence-corrected chi connectivity index (χ0v) is 12.3. The molecule has 0 saturated heterocycles. The summed E-state index contributed by atoms with van der Waals surface area (Å²) in [6, 6.07) is 2.15. The Balaban J connectivity index is 2.21. The highest BCUT2D eigenvalue weighted by molar-refractivity contribution is 5.29. The van der Waals surface area contributed by atoms with Gasteiger partial charge in [-0.05, 0) is 57.2 Å². The van der Waals surface area contributed by atoms with Crippen molar-refractivity contribution in [3.05, 3.63) is 33.2 Å². The highest BCUT2D eigenvalue weighted by atomic mass is 16.1. The van der Waals surface area contributed by atoms with Gasteiger partial charge in [0.25, 0.3) is 5.56 Å². The lowest BCUT2D eigenvalue weighted by Crippen LogP contribution is -2.31. The largest absolute Gasteiger partial charge is 0.312 e. The van der Waals surface area contributed by atoms with Crippen molar-refractivity contribution in [3.8, 4) is 0 Å². The van der Waals surface area contributed by atoms with Crippen molar-refractivity contribution in [2.45, 2.75) is 65.5 Å². The SMILES string of the molecule is CCCCNCc1cc2c(n(CC)c1=O)CCCC2. The molecule has 1 N–H and O–H groups in total. The number of rotatable bonds is 6. The fourth-order valence-corrected chi connectivity index (χ4v) is 2.93. The lowest BCUT2D eigenvalue weighted by Gasteiger charge is -2.21. The van der Waals surface area contributed by atoms with E-state index < -0.39 is 0 Å². The molecule has 1 aromatic rings. The third-order valence-corrected chi connectivity index (χ3v) is 4.01. The number of hydrogen-bond acceptors (Lipinski definition) is 2. The lowest BCUT2D eigenvalue weighted by atomic mass is 9.94. The fourth-order valence-electron chi connectivity index (χ4n) is 2.93. The molecule has 3 heteroatoms. The minimum atomic E-state index is 0.215. The van der Waals surface area contributed by atoms with Crippen LogP contribution in [0.25, 0.3) is 0 Å². The molecule has 1 aromatic heterocycles. The summed E-state index contributed by atoms with van der Waals surface area (Å²) in [5.74, 6) is 0. The molecular formula is C16H26N2O. The van der Waals surface area contributed by atoms with Crippen LogP contribution in [0.3, 0.4) is 0 Å². The number of nitrogens with zero attached hydrogens (tertiary/aromatic N) is 1. The molecule has 0 spiro atoms. The predicted octanol–water partition coefficient (Wildman–Crippen LogP) is 2.64. The van der Waals surface area contributed by atoms with E-state index in [-0.39, 0.29) is 5.56 Å².